The Labute approximate surface area is 89.2 Å². The van der Waals surface area contributed by atoms with Crippen LogP contribution in [0, 0.1) is 5.92 Å². The second-order valence-electron chi connectivity index (χ2n) is 4.21. The van der Waals surface area contributed by atoms with E-state index in [2.05, 4.69) is 10.6 Å². The van der Waals surface area contributed by atoms with Gasteiger partial charge in [-0.15, -0.1) is 0 Å². The summed E-state index contributed by atoms with van der Waals surface area (Å²) in [6, 6.07) is 0. The number of carbonyl (C=O) groups excluding carboxylic acids is 2. The number of amides is 2. The van der Waals surface area contributed by atoms with Gasteiger partial charge in [-0.2, -0.15) is 0 Å². The predicted molar refractivity (Wildman–Crippen MR) is 55.2 cm³/mol. The molecule has 0 unspecified atom stereocenters. The van der Waals surface area contributed by atoms with Crippen LogP contribution in [0.1, 0.15) is 12.8 Å². The molecule has 2 heterocycles. The first-order valence-corrected chi connectivity index (χ1v) is 5.51. The summed E-state index contributed by atoms with van der Waals surface area (Å²) in [5.41, 5.74) is 0. The molecule has 0 aromatic rings. The molecule has 2 aliphatic rings. The van der Waals surface area contributed by atoms with Crippen molar-refractivity contribution in [3.05, 3.63) is 0 Å². The fourth-order valence-electron chi connectivity index (χ4n) is 1.89. The van der Waals surface area contributed by atoms with E-state index in [1.165, 1.54) is 0 Å². The Morgan fingerprint density at radius 3 is 2.87 bits per heavy atom. The minimum absolute atomic E-state index is 0.0515. The first-order valence-electron chi connectivity index (χ1n) is 5.51. The maximum Gasteiger partial charge on any atom is 0.223 e. The zero-order valence-electron chi connectivity index (χ0n) is 8.79. The Hall–Kier alpha value is -1.10. The Morgan fingerprint density at radius 1 is 1.40 bits per heavy atom. The van der Waals surface area contributed by atoms with Crippen molar-refractivity contribution in [2.24, 2.45) is 5.92 Å². The lowest BCUT2D eigenvalue weighted by Gasteiger charge is -2.29. The molecule has 15 heavy (non-hydrogen) atoms. The molecule has 0 aliphatic carbocycles. The van der Waals surface area contributed by atoms with Crippen molar-refractivity contribution in [3.63, 3.8) is 0 Å². The van der Waals surface area contributed by atoms with E-state index in [4.69, 9.17) is 0 Å². The highest BCUT2D eigenvalue weighted by molar-refractivity contribution is 5.80. The topological polar surface area (TPSA) is 61.4 Å². The molecule has 2 saturated heterocycles. The minimum atomic E-state index is 0.0515. The summed E-state index contributed by atoms with van der Waals surface area (Å²) in [6.45, 7) is 3.73. The van der Waals surface area contributed by atoms with Crippen molar-refractivity contribution in [3.8, 4) is 0 Å². The second kappa shape index (κ2) is 4.61. The normalized spacial score (nSPS) is 22.9. The number of rotatable bonds is 2. The number of carbonyl (C=O) groups is 2. The van der Waals surface area contributed by atoms with Crippen LogP contribution in [0.4, 0.5) is 0 Å². The van der Waals surface area contributed by atoms with Crippen LogP contribution in [0.3, 0.4) is 0 Å². The van der Waals surface area contributed by atoms with Crippen LogP contribution in [0.2, 0.25) is 0 Å². The smallest absolute Gasteiger partial charge is 0.223 e. The lowest BCUT2D eigenvalue weighted by atomic mass is 9.98. The third-order valence-electron chi connectivity index (χ3n) is 2.99. The largest absolute Gasteiger partial charge is 0.354 e. The predicted octanol–water partition coefficient (Wildman–Crippen LogP) is -1.06. The van der Waals surface area contributed by atoms with Crippen molar-refractivity contribution in [2.45, 2.75) is 12.8 Å². The third kappa shape index (κ3) is 2.68. The number of nitrogens with one attached hydrogen (secondary N) is 2. The van der Waals surface area contributed by atoms with E-state index >= 15 is 0 Å². The number of hydrogen-bond acceptors (Lipinski definition) is 3. The van der Waals surface area contributed by atoms with Crippen molar-refractivity contribution < 1.29 is 9.59 Å². The van der Waals surface area contributed by atoms with E-state index in [9.17, 15) is 9.59 Å². The molecule has 0 bridgehead atoms. The molecular weight excluding hydrogens is 194 g/mol. The maximum atomic E-state index is 11.8. The van der Waals surface area contributed by atoms with Crippen LogP contribution in [-0.2, 0) is 9.59 Å². The van der Waals surface area contributed by atoms with Gasteiger partial charge in [-0.05, 0) is 19.0 Å². The average molecular weight is 211 g/mol. The highest BCUT2D eigenvalue weighted by Crippen LogP contribution is 2.11. The zero-order chi connectivity index (χ0) is 10.7. The molecule has 2 fully saturated rings. The van der Waals surface area contributed by atoms with Crippen molar-refractivity contribution >= 4 is 11.8 Å². The molecule has 2 aliphatic heterocycles. The Balaban J connectivity index is 1.80. The summed E-state index contributed by atoms with van der Waals surface area (Å²) in [4.78, 5) is 24.7. The molecule has 2 amide bonds. The standard InChI is InChI=1S/C10H17N3O2/c14-9-1-3-13(4-2-12-9)10(15)5-8-6-11-7-8/h8,11H,1-7H2,(H,12,14). The average Bonchev–Trinajstić information content (AvgIpc) is 2.36. The number of nitrogens with zero attached hydrogens (tertiary/aromatic N) is 1. The summed E-state index contributed by atoms with van der Waals surface area (Å²) < 4.78 is 0. The summed E-state index contributed by atoms with van der Waals surface area (Å²) in [5.74, 6) is 0.748. The zero-order valence-corrected chi connectivity index (χ0v) is 8.79. The van der Waals surface area contributed by atoms with Gasteiger partial charge in [0.1, 0.15) is 0 Å². The van der Waals surface area contributed by atoms with Crippen molar-refractivity contribution in [1.29, 1.82) is 0 Å². The van der Waals surface area contributed by atoms with Gasteiger partial charge in [0.15, 0.2) is 0 Å². The van der Waals surface area contributed by atoms with Gasteiger partial charge in [-0.1, -0.05) is 0 Å². The second-order valence-corrected chi connectivity index (χ2v) is 4.21. The molecule has 84 valence electrons. The van der Waals surface area contributed by atoms with Crippen molar-refractivity contribution in [1.82, 2.24) is 15.5 Å². The summed E-state index contributed by atoms with van der Waals surface area (Å²) in [5, 5.41) is 5.92. The Morgan fingerprint density at radius 2 is 2.20 bits per heavy atom. The van der Waals surface area contributed by atoms with E-state index in [1.54, 1.807) is 4.90 Å². The van der Waals surface area contributed by atoms with Gasteiger partial charge in [0.25, 0.3) is 0 Å². The van der Waals surface area contributed by atoms with Crippen LogP contribution < -0.4 is 10.6 Å². The Bertz CT molecular complexity index is 263. The van der Waals surface area contributed by atoms with E-state index in [0.29, 0.717) is 38.4 Å². The molecule has 5 heteroatoms. The molecule has 0 aromatic heterocycles. The third-order valence-corrected chi connectivity index (χ3v) is 2.99. The fraction of sp³-hybridized carbons (Fsp3) is 0.800. The van der Waals surface area contributed by atoms with Gasteiger partial charge in [0.2, 0.25) is 11.8 Å². The van der Waals surface area contributed by atoms with Crippen LogP contribution in [-0.4, -0.2) is 49.4 Å². The summed E-state index contributed by atoms with van der Waals surface area (Å²) in [6.07, 6.45) is 1.07. The van der Waals surface area contributed by atoms with Gasteiger partial charge in [0, 0.05) is 32.5 Å². The highest BCUT2D eigenvalue weighted by atomic mass is 16.2. The molecule has 0 atom stereocenters. The van der Waals surface area contributed by atoms with Gasteiger partial charge in [-0.3, -0.25) is 9.59 Å². The van der Waals surface area contributed by atoms with Crippen molar-refractivity contribution in [2.75, 3.05) is 32.7 Å². The SMILES string of the molecule is O=C1CCN(C(=O)CC2CNC2)CCN1. The highest BCUT2D eigenvalue weighted by Gasteiger charge is 2.24. The van der Waals surface area contributed by atoms with E-state index in [-0.39, 0.29) is 11.8 Å². The van der Waals surface area contributed by atoms with Gasteiger partial charge in [0.05, 0.1) is 0 Å². The van der Waals surface area contributed by atoms with Crippen LogP contribution in [0.15, 0.2) is 0 Å². The minimum Gasteiger partial charge on any atom is -0.354 e. The van der Waals surface area contributed by atoms with Crippen LogP contribution in [0.5, 0.6) is 0 Å². The monoisotopic (exact) mass is 211 g/mol. The first kappa shape index (κ1) is 10.4. The van der Waals surface area contributed by atoms with E-state index in [1.807, 2.05) is 0 Å². The fourth-order valence-corrected chi connectivity index (χ4v) is 1.89. The number of hydrogen-bond donors (Lipinski definition) is 2. The molecule has 5 nitrogen and oxygen atoms in total. The van der Waals surface area contributed by atoms with Gasteiger partial charge < -0.3 is 15.5 Å². The Kier molecular flexibility index (Phi) is 3.20. The van der Waals surface area contributed by atoms with E-state index < -0.39 is 0 Å². The molecule has 0 saturated carbocycles. The summed E-state index contributed by atoms with van der Waals surface area (Å²) in [7, 11) is 0. The molecular formula is C10H17N3O2. The van der Waals surface area contributed by atoms with Crippen LogP contribution >= 0.6 is 0 Å². The lowest BCUT2D eigenvalue weighted by molar-refractivity contribution is -0.132. The molecule has 0 radical (unpaired) electrons. The van der Waals surface area contributed by atoms with Crippen LogP contribution in [0.25, 0.3) is 0 Å². The van der Waals surface area contributed by atoms with Gasteiger partial charge in [-0.25, -0.2) is 0 Å². The molecule has 0 aromatic carbocycles. The van der Waals surface area contributed by atoms with Gasteiger partial charge >= 0.3 is 0 Å². The molecule has 2 N–H and O–H groups in total. The maximum absolute atomic E-state index is 11.8. The quantitative estimate of drug-likeness (QED) is 0.612. The first-order chi connectivity index (χ1) is 7.25. The summed E-state index contributed by atoms with van der Waals surface area (Å²) >= 11 is 0. The molecule has 0 spiro atoms. The lowest BCUT2D eigenvalue weighted by Crippen LogP contribution is -2.45. The van der Waals surface area contributed by atoms with E-state index in [0.717, 1.165) is 13.1 Å². The molecule has 2 rings (SSSR count).